The van der Waals surface area contributed by atoms with E-state index in [2.05, 4.69) is 5.32 Å². The fraction of sp³-hybridized carbons (Fsp3) is 0.0500. The number of methoxy groups -OCH3 is 1. The monoisotopic (exact) mass is 333 g/mol. The average molecular weight is 333 g/mol. The van der Waals surface area contributed by atoms with Gasteiger partial charge in [0.25, 0.3) is 0 Å². The molecule has 4 heteroatoms. The summed E-state index contributed by atoms with van der Waals surface area (Å²) >= 11 is 1.63. The van der Waals surface area contributed by atoms with E-state index in [-0.39, 0.29) is 5.43 Å². The van der Waals surface area contributed by atoms with Gasteiger partial charge in [-0.1, -0.05) is 24.3 Å². The third-order valence-corrected chi connectivity index (χ3v) is 5.09. The van der Waals surface area contributed by atoms with Gasteiger partial charge in [-0.25, -0.2) is 0 Å². The Kier molecular flexibility index (Phi) is 3.67. The third kappa shape index (κ3) is 2.51. The van der Waals surface area contributed by atoms with E-state index in [0.717, 1.165) is 37.3 Å². The first-order valence-corrected chi connectivity index (χ1v) is 8.43. The van der Waals surface area contributed by atoms with Gasteiger partial charge in [0.15, 0.2) is 5.43 Å². The number of anilines is 2. The summed E-state index contributed by atoms with van der Waals surface area (Å²) < 4.78 is 7.25. The van der Waals surface area contributed by atoms with Gasteiger partial charge >= 0.3 is 0 Å². The van der Waals surface area contributed by atoms with E-state index in [9.17, 15) is 4.79 Å². The van der Waals surface area contributed by atoms with E-state index < -0.39 is 0 Å². The molecule has 4 aromatic rings. The quantitative estimate of drug-likeness (QED) is 0.526. The number of ether oxygens (including phenoxy) is 1. The van der Waals surface area contributed by atoms with Crippen molar-refractivity contribution in [2.75, 3.05) is 12.4 Å². The molecular formula is C20H15NO2S. The number of nitrogens with one attached hydrogen (secondary N) is 1. The van der Waals surface area contributed by atoms with Crippen molar-refractivity contribution in [1.82, 2.24) is 0 Å². The summed E-state index contributed by atoms with van der Waals surface area (Å²) in [7, 11) is 1.64. The maximum atomic E-state index is 13.0. The Morgan fingerprint density at radius 2 is 1.71 bits per heavy atom. The molecule has 0 aliphatic rings. The first-order valence-electron chi connectivity index (χ1n) is 7.62. The van der Waals surface area contributed by atoms with Crippen molar-refractivity contribution in [3.63, 3.8) is 0 Å². The third-order valence-electron chi connectivity index (χ3n) is 3.95. The van der Waals surface area contributed by atoms with Crippen molar-refractivity contribution in [1.29, 1.82) is 0 Å². The zero-order valence-corrected chi connectivity index (χ0v) is 13.9. The molecule has 0 amide bonds. The molecule has 118 valence electrons. The molecule has 0 saturated heterocycles. The molecule has 0 spiro atoms. The fourth-order valence-corrected chi connectivity index (χ4v) is 3.91. The summed E-state index contributed by atoms with van der Waals surface area (Å²) in [5.41, 5.74) is 1.76. The standard InChI is InChI=1S/C20H15NO2S/c1-23-14-7-4-6-13(12-14)21-16-9-5-11-18-19(16)20(22)15-8-2-3-10-17(15)24-18/h2-12,21H,1H3. The van der Waals surface area contributed by atoms with Crippen LogP contribution in [0.4, 0.5) is 11.4 Å². The van der Waals surface area contributed by atoms with Gasteiger partial charge in [-0.05, 0) is 36.4 Å². The lowest BCUT2D eigenvalue weighted by Gasteiger charge is -2.11. The highest BCUT2D eigenvalue weighted by atomic mass is 32.1. The van der Waals surface area contributed by atoms with Crippen molar-refractivity contribution in [2.24, 2.45) is 0 Å². The molecule has 3 aromatic carbocycles. The molecule has 0 radical (unpaired) electrons. The maximum absolute atomic E-state index is 13.0. The minimum atomic E-state index is 0.0605. The van der Waals surface area contributed by atoms with E-state index in [0.29, 0.717) is 0 Å². The zero-order chi connectivity index (χ0) is 16.5. The zero-order valence-electron chi connectivity index (χ0n) is 13.1. The summed E-state index contributed by atoms with van der Waals surface area (Å²) in [6.07, 6.45) is 0. The lowest BCUT2D eigenvalue weighted by atomic mass is 10.1. The van der Waals surface area contributed by atoms with Crippen LogP contribution in [0.15, 0.2) is 71.5 Å². The van der Waals surface area contributed by atoms with E-state index in [4.69, 9.17) is 4.74 Å². The summed E-state index contributed by atoms with van der Waals surface area (Å²) in [6, 6.07) is 21.3. The van der Waals surface area contributed by atoms with Gasteiger partial charge in [-0.2, -0.15) is 0 Å². The number of benzene rings is 3. The van der Waals surface area contributed by atoms with Crippen LogP contribution in [0.3, 0.4) is 0 Å². The first kappa shape index (κ1) is 14.7. The lowest BCUT2D eigenvalue weighted by Crippen LogP contribution is -2.04. The second-order valence-electron chi connectivity index (χ2n) is 5.46. The van der Waals surface area contributed by atoms with Gasteiger partial charge in [0.2, 0.25) is 0 Å². The molecule has 1 heterocycles. The van der Waals surface area contributed by atoms with Crippen molar-refractivity contribution < 1.29 is 4.74 Å². The van der Waals surface area contributed by atoms with Gasteiger partial charge in [-0.3, -0.25) is 4.79 Å². The van der Waals surface area contributed by atoms with Gasteiger partial charge < -0.3 is 10.1 Å². The number of hydrogen-bond donors (Lipinski definition) is 1. The molecular weight excluding hydrogens is 318 g/mol. The summed E-state index contributed by atoms with van der Waals surface area (Å²) in [5.74, 6) is 0.774. The molecule has 3 nitrogen and oxygen atoms in total. The van der Waals surface area contributed by atoms with Crippen molar-refractivity contribution in [2.45, 2.75) is 0 Å². The Morgan fingerprint density at radius 3 is 2.58 bits per heavy atom. The van der Waals surface area contributed by atoms with Crippen LogP contribution in [-0.4, -0.2) is 7.11 Å². The molecule has 0 bridgehead atoms. The lowest BCUT2D eigenvalue weighted by molar-refractivity contribution is 0.415. The van der Waals surface area contributed by atoms with Crippen molar-refractivity contribution in [3.8, 4) is 5.75 Å². The highest BCUT2D eigenvalue weighted by molar-refractivity contribution is 7.24. The molecule has 1 aromatic heterocycles. The Labute approximate surface area is 143 Å². The molecule has 0 aliphatic carbocycles. The van der Waals surface area contributed by atoms with Crippen LogP contribution in [0, 0.1) is 0 Å². The molecule has 1 N–H and O–H groups in total. The van der Waals surface area contributed by atoms with Crippen molar-refractivity contribution in [3.05, 3.63) is 77.0 Å². The second-order valence-corrected chi connectivity index (χ2v) is 6.55. The minimum Gasteiger partial charge on any atom is -0.497 e. The second kappa shape index (κ2) is 5.98. The van der Waals surface area contributed by atoms with E-state index >= 15 is 0 Å². The normalized spacial score (nSPS) is 10.9. The van der Waals surface area contributed by atoms with Crippen LogP contribution in [0.5, 0.6) is 5.75 Å². The van der Waals surface area contributed by atoms with Crippen LogP contribution >= 0.6 is 11.3 Å². The van der Waals surface area contributed by atoms with Gasteiger partial charge in [0.1, 0.15) is 5.75 Å². The molecule has 0 unspecified atom stereocenters. The summed E-state index contributed by atoms with van der Waals surface area (Å²) in [6.45, 7) is 0. The molecule has 4 rings (SSSR count). The van der Waals surface area contributed by atoms with Gasteiger partial charge in [0, 0.05) is 26.5 Å². The topological polar surface area (TPSA) is 38.3 Å². The van der Waals surface area contributed by atoms with E-state index in [1.165, 1.54) is 0 Å². The van der Waals surface area contributed by atoms with Crippen LogP contribution in [0.1, 0.15) is 0 Å². The smallest absolute Gasteiger partial charge is 0.197 e. The van der Waals surface area contributed by atoms with E-state index in [1.807, 2.05) is 66.7 Å². The highest BCUT2D eigenvalue weighted by Gasteiger charge is 2.10. The Bertz CT molecular complexity index is 1100. The summed E-state index contributed by atoms with van der Waals surface area (Å²) in [5, 5.41) is 4.84. The Morgan fingerprint density at radius 1 is 0.917 bits per heavy atom. The molecule has 0 saturated carbocycles. The predicted molar refractivity (Wildman–Crippen MR) is 102 cm³/mol. The number of hydrogen-bond acceptors (Lipinski definition) is 4. The Hall–Kier alpha value is -2.85. The average Bonchev–Trinajstić information content (AvgIpc) is 2.62. The van der Waals surface area contributed by atoms with Crippen LogP contribution in [-0.2, 0) is 0 Å². The SMILES string of the molecule is COc1cccc(Nc2cccc3sc4ccccc4c(=O)c23)c1. The Balaban J connectivity index is 1.92. The first-order chi connectivity index (χ1) is 11.8. The number of fused-ring (bicyclic) bond motifs is 2. The van der Waals surface area contributed by atoms with Crippen LogP contribution < -0.4 is 15.5 Å². The fourth-order valence-electron chi connectivity index (χ4n) is 2.81. The molecule has 24 heavy (non-hydrogen) atoms. The predicted octanol–water partition coefficient (Wildman–Crippen LogP) is 5.17. The molecule has 0 fully saturated rings. The van der Waals surface area contributed by atoms with Crippen LogP contribution in [0.2, 0.25) is 0 Å². The largest absolute Gasteiger partial charge is 0.497 e. The van der Waals surface area contributed by atoms with Crippen molar-refractivity contribution >= 4 is 42.9 Å². The summed E-state index contributed by atoms with van der Waals surface area (Å²) in [4.78, 5) is 13.0. The number of rotatable bonds is 3. The maximum Gasteiger partial charge on any atom is 0.197 e. The highest BCUT2D eigenvalue weighted by Crippen LogP contribution is 2.31. The van der Waals surface area contributed by atoms with Gasteiger partial charge in [-0.15, -0.1) is 11.3 Å². The van der Waals surface area contributed by atoms with E-state index in [1.54, 1.807) is 18.4 Å². The van der Waals surface area contributed by atoms with Gasteiger partial charge in [0.05, 0.1) is 18.2 Å². The van der Waals surface area contributed by atoms with Crippen LogP contribution in [0.25, 0.3) is 20.2 Å². The molecule has 0 atom stereocenters. The molecule has 0 aliphatic heterocycles. The minimum absolute atomic E-state index is 0.0605.